The van der Waals surface area contributed by atoms with Gasteiger partial charge in [0.1, 0.15) is 0 Å². The molecule has 2 aromatic carbocycles. The Morgan fingerprint density at radius 1 is 0.905 bits per heavy atom. The summed E-state index contributed by atoms with van der Waals surface area (Å²) in [5.74, 6) is 0. The lowest BCUT2D eigenvalue weighted by atomic mass is 9.93. The number of fused-ring (bicyclic) bond motifs is 1. The van der Waals surface area contributed by atoms with Gasteiger partial charge in [0.15, 0.2) is 0 Å². The summed E-state index contributed by atoms with van der Waals surface area (Å²) in [6, 6.07) is 15.6. The molecule has 0 fully saturated rings. The van der Waals surface area contributed by atoms with Crippen LogP contribution < -0.4 is 0 Å². The van der Waals surface area contributed by atoms with Crippen molar-refractivity contribution in [3.8, 4) is 11.1 Å². The van der Waals surface area contributed by atoms with Crippen LogP contribution in [0.15, 0.2) is 48.0 Å². The van der Waals surface area contributed by atoms with E-state index in [1.54, 1.807) is 5.57 Å². The first-order valence-electron chi connectivity index (χ1n) is 8.23. The van der Waals surface area contributed by atoms with Gasteiger partial charge in [-0.25, -0.2) is 0 Å². The van der Waals surface area contributed by atoms with Crippen molar-refractivity contribution in [3.63, 3.8) is 0 Å². The van der Waals surface area contributed by atoms with Crippen LogP contribution >= 0.6 is 0 Å². The van der Waals surface area contributed by atoms with E-state index >= 15 is 0 Å². The molecule has 0 N–H and O–H groups in total. The van der Waals surface area contributed by atoms with Crippen molar-refractivity contribution in [2.24, 2.45) is 0 Å². The molecule has 0 saturated carbocycles. The van der Waals surface area contributed by atoms with E-state index in [2.05, 4.69) is 62.4 Å². The van der Waals surface area contributed by atoms with Gasteiger partial charge in [0, 0.05) is 0 Å². The largest absolute Gasteiger partial charge is 0.0654 e. The fraction of sp³-hybridized carbons (Fsp3) is 0.333. The molecular weight excluding hydrogens is 252 g/mol. The standard InChI is InChI=1S/C21H24/c1-3-5-9-16-14-18-11-8-13-20(21(18)15-16)19-12-7-6-10-17(19)4-2/h6-8,10-13,15H,3-5,9,14H2,1-2H3. The van der Waals surface area contributed by atoms with Crippen LogP contribution in [-0.4, -0.2) is 0 Å². The second-order valence-corrected chi connectivity index (χ2v) is 5.97. The zero-order valence-electron chi connectivity index (χ0n) is 13.2. The van der Waals surface area contributed by atoms with Gasteiger partial charge in [-0.2, -0.15) is 0 Å². The first-order chi connectivity index (χ1) is 10.3. The van der Waals surface area contributed by atoms with Crippen LogP contribution in [0.25, 0.3) is 17.2 Å². The Morgan fingerprint density at radius 3 is 2.52 bits per heavy atom. The van der Waals surface area contributed by atoms with Gasteiger partial charge >= 0.3 is 0 Å². The van der Waals surface area contributed by atoms with E-state index in [0.29, 0.717) is 0 Å². The molecule has 0 unspecified atom stereocenters. The molecule has 0 saturated heterocycles. The molecular formula is C21H24. The Kier molecular flexibility index (Phi) is 4.24. The molecule has 3 rings (SSSR count). The Hall–Kier alpha value is -1.82. The molecule has 0 heterocycles. The molecule has 1 aliphatic rings. The lowest BCUT2D eigenvalue weighted by Gasteiger charge is -2.11. The van der Waals surface area contributed by atoms with Gasteiger partial charge in [0.2, 0.25) is 0 Å². The van der Waals surface area contributed by atoms with E-state index in [1.165, 1.54) is 47.1 Å². The van der Waals surface area contributed by atoms with E-state index in [1.807, 2.05) is 0 Å². The van der Waals surface area contributed by atoms with Crippen molar-refractivity contribution in [1.29, 1.82) is 0 Å². The number of hydrogen-bond acceptors (Lipinski definition) is 0. The Bertz CT molecular complexity index is 661. The summed E-state index contributed by atoms with van der Waals surface area (Å²) in [4.78, 5) is 0. The lowest BCUT2D eigenvalue weighted by molar-refractivity contribution is 0.779. The third-order valence-electron chi connectivity index (χ3n) is 4.50. The fourth-order valence-corrected chi connectivity index (χ4v) is 3.33. The highest BCUT2D eigenvalue weighted by Gasteiger charge is 2.17. The van der Waals surface area contributed by atoms with Gasteiger partial charge in [-0.15, -0.1) is 0 Å². The van der Waals surface area contributed by atoms with Crippen molar-refractivity contribution in [2.75, 3.05) is 0 Å². The quantitative estimate of drug-likeness (QED) is 0.624. The van der Waals surface area contributed by atoms with Crippen LogP contribution in [0.5, 0.6) is 0 Å². The molecule has 2 aromatic rings. The van der Waals surface area contributed by atoms with Gasteiger partial charge in [0.05, 0.1) is 0 Å². The number of hydrogen-bond donors (Lipinski definition) is 0. The van der Waals surface area contributed by atoms with Crippen LogP contribution in [0.2, 0.25) is 0 Å². The van der Waals surface area contributed by atoms with E-state index in [0.717, 1.165) is 12.8 Å². The number of unbranched alkanes of at least 4 members (excludes halogenated alkanes) is 1. The van der Waals surface area contributed by atoms with Gasteiger partial charge < -0.3 is 0 Å². The average molecular weight is 276 g/mol. The third kappa shape index (κ3) is 2.81. The van der Waals surface area contributed by atoms with Gasteiger partial charge in [-0.05, 0) is 53.5 Å². The first kappa shape index (κ1) is 14.1. The Morgan fingerprint density at radius 2 is 1.71 bits per heavy atom. The normalized spacial score (nSPS) is 13.1. The summed E-state index contributed by atoms with van der Waals surface area (Å²) in [5.41, 5.74) is 8.84. The maximum absolute atomic E-state index is 2.45. The van der Waals surface area contributed by atoms with Gasteiger partial charge in [-0.1, -0.05) is 74.4 Å². The summed E-state index contributed by atoms with van der Waals surface area (Å²) in [6.45, 7) is 4.51. The number of benzene rings is 2. The number of allylic oxidation sites excluding steroid dienone is 1. The van der Waals surface area contributed by atoms with E-state index in [9.17, 15) is 0 Å². The summed E-state index contributed by atoms with van der Waals surface area (Å²) in [5, 5.41) is 0. The average Bonchev–Trinajstić information content (AvgIpc) is 2.95. The predicted octanol–water partition coefficient (Wildman–Crippen LogP) is 6.05. The topological polar surface area (TPSA) is 0 Å². The van der Waals surface area contributed by atoms with Gasteiger partial charge in [-0.3, -0.25) is 0 Å². The molecule has 1 aliphatic carbocycles. The van der Waals surface area contributed by atoms with Crippen LogP contribution in [0.3, 0.4) is 0 Å². The van der Waals surface area contributed by atoms with E-state index in [4.69, 9.17) is 0 Å². The Balaban J connectivity index is 2.03. The van der Waals surface area contributed by atoms with Crippen LogP contribution in [0.1, 0.15) is 49.8 Å². The highest BCUT2D eigenvalue weighted by atomic mass is 14.2. The molecule has 0 heteroatoms. The van der Waals surface area contributed by atoms with Crippen molar-refractivity contribution in [2.45, 2.75) is 46.0 Å². The second-order valence-electron chi connectivity index (χ2n) is 5.97. The second kappa shape index (κ2) is 6.30. The fourth-order valence-electron chi connectivity index (χ4n) is 3.33. The summed E-state index contributed by atoms with van der Waals surface area (Å²) in [6.07, 6.45) is 8.52. The molecule has 0 aromatic heterocycles. The van der Waals surface area contributed by atoms with Crippen molar-refractivity contribution >= 4 is 6.08 Å². The highest BCUT2D eigenvalue weighted by molar-refractivity contribution is 5.82. The molecule has 108 valence electrons. The molecule has 0 radical (unpaired) electrons. The van der Waals surface area contributed by atoms with Crippen molar-refractivity contribution < 1.29 is 0 Å². The van der Waals surface area contributed by atoms with Crippen LogP contribution in [0.4, 0.5) is 0 Å². The zero-order chi connectivity index (χ0) is 14.7. The van der Waals surface area contributed by atoms with E-state index < -0.39 is 0 Å². The smallest absolute Gasteiger partial charge is 0.00576 e. The maximum atomic E-state index is 2.45. The predicted molar refractivity (Wildman–Crippen MR) is 92.5 cm³/mol. The highest BCUT2D eigenvalue weighted by Crippen LogP contribution is 2.36. The molecule has 0 atom stereocenters. The summed E-state index contributed by atoms with van der Waals surface area (Å²) < 4.78 is 0. The molecule has 0 nitrogen and oxygen atoms in total. The monoisotopic (exact) mass is 276 g/mol. The number of aryl methyl sites for hydroxylation is 1. The molecule has 0 amide bonds. The molecule has 0 bridgehead atoms. The minimum Gasteiger partial charge on any atom is -0.0654 e. The van der Waals surface area contributed by atoms with Crippen LogP contribution in [0, 0.1) is 0 Å². The lowest BCUT2D eigenvalue weighted by Crippen LogP contribution is -1.91. The van der Waals surface area contributed by atoms with Gasteiger partial charge in [0.25, 0.3) is 0 Å². The summed E-state index contributed by atoms with van der Waals surface area (Å²) >= 11 is 0. The van der Waals surface area contributed by atoms with E-state index in [-0.39, 0.29) is 0 Å². The summed E-state index contributed by atoms with van der Waals surface area (Å²) in [7, 11) is 0. The first-order valence-corrected chi connectivity index (χ1v) is 8.23. The molecule has 21 heavy (non-hydrogen) atoms. The molecule has 0 spiro atoms. The minimum absolute atomic E-state index is 1.09. The van der Waals surface area contributed by atoms with Crippen LogP contribution in [-0.2, 0) is 12.8 Å². The number of rotatable bonds is 5. The maximum Gasteiger partial charge on any atom is -0.00576 e. The minimum atomic E-state index is 1.09. The molecule has 0 aliphatic heterocycles. The van der Waals surface area contributed by atoms with Crippen molar-refractivity contribution in [1.82, 2.24) is 0 Å². The zero-order valence-corrected chi connectivity index (χ0v) is 13.2. The Labute approximate surface area is 128 Å². The van der Waals surface area contributed by atoms with Crippen molar-refractivity contribution in [3.05, 3.63) is 64.7 Å². The SMILES string of the molecule is CCCCC1=Cc2c(cccc2-c2ccccc2CC)C1. The third-order valence-corrected chi connectivity index (χ3v) is 4.50.